The maximum absolute atomic E-state index is 11.8. The van der Waals surface area contributed by atoms with Gasteiger partial charge in [0.1, 0.15) is 5.88 Å². The normalized spacial score (nSPS) is 16.6. The molecule has 1 aliphatic carbocycles. The maximum Gasteiger partial charge on any atom is 0.191 e. The van der Waals surface area contributed by atoms with Gasteiger partial charge in [0.05, 0.1) is 4.90 Å². The van der Waals surface area contributed by atoms with Crippen molar-refractivity contribution < 1.29 is 8.42 Å². The highest BCUT2D eigenvalue weighted by molar-refractivity contribution is 7.91. The van der Waals surface area contributed by atoms with Crippen LogP contribution in [0.15, 0.2) is 29.2 Å². The summed E-state index contributed by atoms with van der Waals surface area (Å²) in [7, 11) is -3.20. The minimum absolute atomic E-state index is 0.0132. The second kappa shape index (κ2) is 4.12. The van der Waals surface area contributed by atoms with Crippen molar-refractivity contribution in [2.75, 3.05) is 5.88 Å². The Kier molecular flexibility index (Phi) is 3.00. The minimum atomic E-state index is -3.20. The molecule has 2 rings (SSSR count). The number of rotatable bonds is 4. The van der Waals surface area contributed by atoms with Crippen molar-refractivity contribution in [3.63, 3.8) is 0 Å². The quantitative estimate of drug-likeness (QED) is 0.880. The summed E-state index contributed by atoms with van der Waals surface area (Å²) in [5.41, 5.74) is 0. The molecule has 82 valence electrons. The van der Waals surface area contributed by atoms with Crippen molar-refractivity contribution >= 4 is 21.4 Å². The van der Waals surface area contributed by atoms with Crippen molar-refractivity contribution in [1.29, 1.82) is 0 Å². The molecule has 0 unspecified atom stereocenters. The molecule has 0 aromatic heterocycles. The summed E-state index contributed by atoms with van der Waals surface area (Å²) in [6.07, 6.45) is 2.16. The fraction of sp³-hybridized carbons (Fsp3) is 0.400. The number of sulfone groups is 1. The van der Waals surface area contributed by atoms with Crippen molar-refractivity contribution in [3.8, 4) is 0 Å². The van der Waals surface area contributed by atoms with E-state index in [9.17, 15) is 8.42 Å². The molecule has 0 bridgehead atoms. The summed E-state index contributed by atoms with van der Waals surface area (Å²) < 4.78 is 23.5. The number of nitrogens with one attached hydrogen (secondary N) is 1. The molecule has 1 aromatic rings. The molecule has 0 aliphatic heterocycles. The van der Waals surface area contributed by atoms with E-state index in [1.807, 2.05) is 0 Å². The van der Waals surface area contributed by atoms with Crippen LogP contribution >= 0.6 is 11.6 Å². The van der Waals surface area contributed by atoms with Crippen LogP contribution in [0.1, 0.15) is 12.8 Å². The fourth-order valence-corrected chi connectivity index (χ4v) is 2.54. The van der Waals surface area contributed by atoms with Crippen LogP contribution < -0.4 is 5.32 Å². The first-order valence-corrected chi connectivity index (χ1v) is 6.83. The zero-order valence-corrected chi connectivity index (χ0v) is 9.68. The lowest BCUT2D eigenvalue weighted by atomic mass is 10.4. The van der Waals surface area contributed by atoms with Gasteiger partial charge in [-0.05, 0) is 37.1 Å². The predicted octanol–water partition coefficient (Wildman–Crippen LogP) is 1.82. The lowest BCUT2D eigenvalue weighted by Crippen LogP contribution is -2.25. The van der Waals surface area contributed by atoms with Crippen LogP contribution in [-0.2, 0) is 9.84 Å². The largest absolute Gasteiger partial charge is 0.301 e. The topological polar surface area (TPSA) is 46.2 Å². The molecule has 0 saturated heterocycles. The minimum Gasteiger partial charge on any atom is -0.301 e. The Morgan fingerprint density at radius 3 is 2.40 bits per heavy atom. The van der Waals surface area contributed by atoms with Gasteiger partial charge >= 0.3 is 0 Å². The van der Waals surface area contributed by atoms with E-state index < -0.39 is 9.84 Å². The number of benzene rings is 1. The maximum atomic E-state index is 11.8. The summed E-state index contributed by atoms with van der Waals surface area (Å²) in [6, 6.07) is 6.64. The van der Waals surface area contributed by atoms with Crippen LogP contribution in [0.3, 0.4) is 0 Å². The van der Waals surface area contributed by atoms with E-state index in [-0.39, 0.29) is 5.88 Å². The highest BCUT2D eigenvalue weighted by Gasteiger charge is 2.23. The Hall–Kier alpha value is -0.580. The third kappa shape index (κ3) is 2.93. The Morgan fingerprint density at radius 2 is 1.87 bits per heavy atom. The molecule has 1 N–H and O–H groups in total. The summed E-state index contributed by atoms with van der Waals surface area (Å²) in [5.74, 6) is 0.0132. The van der Waals surface area contributed by atoms with Crippen molar-refractivity contribution in [2.45, 2.75) is 23.8 Å². The van der Waals surface area contributed by atoms with E-state index in [2.05, 4.69) is 5.32 Å². The lowest BCUT2D eigenvalue weighted by molar-refractivity contribution is 0.586. The number of hydrogen-bond donors (Lipinski definition) is 1. The molecule has 1 saturated carbocycles. The van der Waals surface area contributed by atoms with E-state index in [0.29, 0.717) is 16.0 Å². The van der Waals surface area contributed by atoms with Crippen LogP contribution in [0.5, 0.6) is 0 Å². The average molecular weight is 246 g/mol. The zero-order valence-electron chi connectivity index (χ0n) is 8.11. The van der Waals surface area contributed by atoms with E-state index in [0.717, 1.165) is 12.8 Å². The third-order valence-corrected chi connectivity index (χ3v) is 4.10. The molecule has 0 spiro atoms. The molecule has 1 aromatic carbocycles. The van der Waals surface area contributed by atoms with Crippen LogP contribution in [0.4, 0.5) is 0 Å². The monoisotopic (exact) mass is 245 g/mol. The highest BCUT2D eigenvalue weighted by Crippen LogP contribution is 2.20. The molecular weight excluding hydrogens is 234 g/mol. The van der Waals surface area contributed by atoms with Crippen molar-refractivity contribution in [1.82, 2.24) is 5.32 Å². The van der Waals surface area contributed by atoms with Crippen molar-refractivity contribution in [2.24, 2.45) is 0 Å². The van der Waals surface area contributed by atoms with Crippen LogP contribution in [0.25, 0.3) is 0 Å². The first-order valence-electron chi connectivity index (χ1n) is 4.80. The average Bonchev–Trinajstić information content (AvgIpc) is 2.99. The van der Waals surface area contributed by atoms with Gasteiger partial charge < -0.3 is 5.32 Å². The van der Waals surface area contributed by atoms with Crippen molar-refractivity contribution in [3.05, 3.63) is 29.3 Å². The zero-order chi connectivity index (χ0) is 10.9. The SMILES string of the molecule is O=S(=O)(CNC1CC1)c1ccc(Cl)cc1. The summed E-state index contributed by atoms with van der Waals surface area (Å²) >= 11 is 5.69. The van der Waals surface area contributed by atoms with Gasteiger partial charge in [-0.3, -0.25) is 0 Å². The highest BCUT2D eigenvalue weighted by atomic mass is 35.5. The van der Waals surface area contributed by atoms with E-state index >= 15 is 0 Å². The van der Waals surface area contributed by atoms with Gasteiger partial charge in [-0.15, -0.1) is 0 Å². The van der Waals surface area contributed by atoms with Gasteiger partial charge in [0.2, 0.25) is 0 Å². The molecule has 5 heteroatoms. The molecule has 0 amide bonds. The van der Waals surface area contributed by atoms with Gasteiger partial charge in [0.15, 0.2) is 9.84 Å². The lowest BCUT2D eigenvalue weighted by Gasteiger charge is -2.05. The summed E-state index contributed by atoms with van der Waals surface area (Å²) in [6.45, 7) is 0. The second-order valence-corrected chi connectivity index (χ2v) is 6.12. The summed E-state index contributed by atoms with van der Waals surface area (Å²) in [5, 5.41) is 3.53. The molecule has 1 aliphatic rings. The smallest absolute Gasteiger partial charge is 0.191 e. The Labute approximate surface area is 94.4 Å². The standard InChI is InChI=1S/C10H12ClNO2S/c11-8-1-5-10(6-2-8)15(13,14)7-12-9-3-4-9/h1-2,5-6,9,12H,3-4,7H2. The van der Waals surface area contributed by atoms with Gasteiger partial charge in [0, 0.05) is 11.1 Å². The molecular formula is C10H12ClNO2S. The van der Waals surface area contributed by atoms with Gasteiger partial charge in [0.25, 0.3) is 0 Å². The van der Waals surface area contributed by atoms with Gasteiger partial charge in [-0.25, -0.2) is 8.42 Å². The van der Waals surface area contributed by atoms with Gasteiger partial charge in [-0.2, -0.15) is 0 Å². The first kappa shape index (κ1) is 10.9. The van der Waals surface area contributed by atoms with Crippen LogP contribution in [0, 0.1) is 0 Å². The molecule has 1 fully saturated rings. The molecule has 15 heavy (non-hydrogen) atoms. The molecule has 0 heterocycles. The Morgan fingerprint density at radius 1 is 1.27 bits per heavy atom. The Balaban J connectivity index is 2.09. The molecule has 0 radical (unpaired) electrons. The first-order chi connectivity index (χ1) is 7.08. The van der Waals surface area contributed by atoms with E-state index in [4.69, 9.17) is 11.6 Å². The van der Waals surface area contributed by atoms with E-state index in [1.54, 1.807) is 12.1 Å². The van der Waals surface area contributed by atoms with Crippen LogP contribution in [-0.4, -0.2) is 20.3 Å². The number of halogens is 1. The summed E-state index contributed by atoms with van der Waals surface area (Å²) in [4.78, 5) is 0.319. The molecule has 0 atom stereocenters. The van der Waals surface area contributed by atoms with Gasteiger partial charge in [-0.1, -0.05) is 11.6 Å². The van der Waals surface area contributed by atoms with E-state index in [1.165, 1.54) is 12.1 Å². The Bertz CT molecular complexity index is 437. The predicted molar refractivity (Wildman–Crippen MR) is 59.7 cm³/mol. The molecule has 3 nitrogen and oxygen atoms in total. The second-order valence-electron chi connectivity index (χ2n) is 3.69. The van der Waals surface area contributed by atoms with Crippen LogP contribution in [0.2, 0.25) is 5.02 Å². The fourth-order valence-electron chi connectivity index (χ4n) is 1.24. The number of hydrogen-bond acceptors (Lipinski definition) is 3. The third-order valence-electron chi connectivity index (χ3n) is 2.31.